The van der Waals surface area contributed by atoms with Crippen LogP contribution in [-0.2, 0) is 25.6 Å². The summed E-state index contributed by atoms with van der Waals surface area (Å²) >= 11 is 0. The van der Waals surface area contributed by atoms with Crippen LogP contribution in [0.4, 0.5) is 4.79 Å². The molecule has 0 spiro atoms. The molecule has 8 nitrogen and oxygen atoms in total. The number of nitrogens with zero attached hydrogens (tertiary/aromatic N) is 1. The zero-order valence-electron chi connectivity index (χ0n) is 16.0. The minimum Gasteiger partial charge on any atom is -0.479 e. The van der Waals surface area contributed by atoms with Crippen molar-refractivity contribution in [2.75, 3.05) is 13.7 Å². The maximum absolute atomic E-state index is 12.2. The predicted octanol–water partition coefficient (Wildman–Crippen LogP) is 1.78. The highest BCUT2D eigenvalue weighted by Crippen LogP contribution is 2.30. The molecule has 8 heteroatoms. The van der Waals surface area contributed by atoms with Gasteiger partial charge in [-0.1, -0.05) is 30.3 Å². The Bertz CT molecular complexity index is 700. The molecule has 1 aromatic carbocycles. The van der Waals surface area contributed by atoms with Crippen LogP contribution in [0, 0.1) is 0 Å². The molecule has 148 valence electrons. The van der Waals surface area contributed by atoms with Crippen LogP contribution >= 0.6 is 0 Å². The number of alkyl carbamates (subject to hydrolysis) is 1. The predicted molar refractivity (Wildman–Crippen MR) is 97.0 cm³/mol. The lowest BCUT2D eigenvalue weighted by molar-refractivity contribution is -0.146. The number of carbonyl (C=O) groups is 3. The fourth-order valence-corrected chi connectivity index (χ4v) is 3.13. The van der Waals surface area contributed by atoms with E-state index in [1.54, 1.807) is 25.7 Å². The number of likely N-dealkylation sites (tertiary alicyclic amines) is 1. The van der Waals surface area contributed by atoms with E-state index in [2.05, 4.69) is 5.32 Å². The van der Waals surface area contributed by atoms with Crippen molar-refractivity contribution in [3.63, 3.8) is 0 Å². The van der Waals surface area contributed by atoms with Gasteiger partial charge in [0.2, 0.25) is 0 Å². The van der Waals surface area contributed by atoms with Gasteiger partial charge in [-0.3, -0.25) is 9.69 Å². The Labute approximate surface area is 158 Å². The summed E-state index contributed by atoms with van der Waals surface area (Å²) in [5, 5.41) is 12.3. The second-order valence-corrected chi connectivity index (χ2v) is 7.65. The molecule has 2 atom stereocenters. The van der Waals surface area contributed by atoms with E-state index in [1.165, 1.54) is 7.11 Å². The zero-order valence-corrected chi connectivity index (χ0v) is 16.0. The van der Waals surface area contributed by atoms with E-state index in [1.807, 2.05) is 30.3 Å². The number of hydrogen-bond donors (Lipinski definition) is 2. The Balaban J connectivity index is 2.26. The lowest BCUT2D eigenvalue weighted by atomic mass is 9.96. The van der Waals surface area contributed by atoms with Crippen LogP contribution in [0.2, 0.25) is 0 Å². The van der Waals surface area contributed by atoms with Crippen LogP contribution < -0.4 is 5.32 Å². The highest BCUT2D eigenvalue weighted by molar-refractivity contribution is 5.88. The standard InChI is InChI=1S/C19H26N2O6/c1-18(2,3)27-17(25)20-19(16(23)24)10-14(15(22)26-4)21(12-19)11-13-8-6-5-7-9-13/h5-9,14H,10-12H2,1-4H3,(H,20,25)(H,23,24)/t14-,19-/m0/s1. The first-order valence-corrected chi connectivity index (χ1v) is 8.67. The molecule has 1 saturated heterocycles. The van der Waals surface area contributed by atoms with Crippen molar-refractivity contribution in [1.29, 1.82) is 0 Å². The first-order valence-electron chi connectivity index (χ1n) is 8.67. The average molecular weight is 378 g/mol. The number of carbonyl (C=O) groups excluding carboxylic acids is 2. The van der Waals surface area contributed by atoms with Gasteiger partial charge in [-0.25, -0.2) is 9.59 Å². The first kappa shape index (κ1) is 20.7. The van der Waals surface area contributed by atoms with Gasteiger partial charge in [-0.15, -0.1) is 0 Å². The molecule has 2 N–H and O–H groups in total. The molecule has 1 aliphatic heterocycles. The van der Waals surface area contributed by atoms with Gasteiger partial charge in [0.05, 0.1) is 7.11 Å². The maximum atomic E-state index is 12.2. The molecule has 1 aliphatic rings. The van der Waals surface area contributed by atoms with Gasteiger partial charge in [0, 0.05) is 19.5 Å². The Morgan fingerprint density at radius 2 is 1.89 bits per heavy atom. The summed E-state index contributed by atoms with van der Waals surface area (Å²) < 4.78 is 10.0. The van der Waals surface area contributed by atoms with Gasteiger partial charge >= 0.3 is 18.0 Å². The summed E-state index contributed by atoms with van der Waals surface area (Å²) in [7, 11) is 1.26. The number of hydrogen-bond acceptors (Lipinski definition) is 6. The van der Waals surface area contributed by atoms with E-state index in [-0.39, 0.29) is 13.0 Å². The number of benzene rings is 1. The fourth-order valence-electron chi connectivity index (χ4n) is 3.13. The largest absolute Gasteiger partial charge is 0.479 e. The molecule has 0 bridgehead atoms. The van der Waals surface area contributed by atoms with Crippen molar-refractivity contribution >= 4 is 18.0 Å². The molecule has 0 aliphatic carbocycles. The van der Waals surface area contributed by atoms with E-state index < -0.39 is 35.2 Å². The topological polar surface area (TPSA) is 105 Å². The molecule has 1 fully saturated rings. The number of carboxylic acids is 1. The third-order valence-corrected chi connectivity index (χ3v) is 4.31. The number of nitrogens with one attached hydrogen (secondary N) is 1. The second kappa shape index (κ2) is 7.96. The van der Waals surface area contributed by atoms with Crippen molar-refractivity contribution in [3.8, 4) is 0 Å². The highest BCUT2D eigenvalue weighted by Gasteiger charge is 2.53. The highest BCUT2D eigenvalue weighted by atomic mass is 16.6. The van der Waals surface area contributed by atoms with Gasteiger partial charge < -0.3 is 19.9 Å². The normalized spacial score (nSPS) is 22.9. The SMILES string of the molecule is COC(=O)[C@@H]1C[C@@](NC(=O)OC(C)(C)C)(C(=O)O)CN1Cc1ccccc1. The minimum atomic E-state index is -1.64. The molecule has 0 unspecified atom stereocenters. The van der Waals surface area contributed by atoms with Crippen LogP contribution in [0.3, 0.4) is 0 Å². The van der Waals surface area contributed by atoms with Gasteiger partial charge in [-0.05, 0) is 26.3 Å². The molecule has 0 saturated carbocycles. The number of amides is 1. The zero-order chi connectivity index (χ0) is 20.2. The van der Waals surface area contributed by atoms with E-state index in [0.29, 0.717) is 6.54 Å². The number of carboxylic acid groups (broad SMARTS) is 1. The number of esters is 1. The van der Waals surface area contributed by atoms with E-state index in [0.717, 1.165) is 5.56 Å². The molecular weight excluding hydrogens is 352 g/mol. The van der Waals surface area contributed by atoms with Gasteiger partial charge in [-0.2, -0.15) is 0 Å². The molecule has 0 radical (unpaired) electrons. The average Bonchev–Trinajstić information content (AvgIpc) is 2.92. The van der Waals surface area contributed by atoms with Crippen molar-refractivity contribution in [2.24, 2.45) is 0 Å². The van der Waals surface area contributed by atoms with Crippen molar-refractivity contribution in [1.82, 2.24) is 10.2 Å². The third-order valence-electron chi connectivity index (χ3n) is 4.31. The Kier molecular flexibility index (Phi) is 6.10. The number of ether oxygens (including phenoxy) is 2. The summed E-state index contributed by atoms with van der Waals surface area (Å²) in [4.78, 5) is 38.2. The first-order chi connectivity index (χ1) is 12.6. The van der Waals surface area contributed by atoms with Crippen LogP contribution in [0.25, 0.3) is 0 Å². The lowest BCUT2D eigenvalue weighted by Gasteiger charge is -2.28. The van der Waals surface area contributed by atoms with E-state index in [9.17, 15) is 19.5 Å². The van der Waals surface area contributed by atoms with Gasteiger partial charge in [0.25, 0.3) is 0 Å². The summed E-state index contributed by atoms with van der Waals surface area (Å²) in [6.07, 6.45) is -0.948. The van der Waals surface area contributed by atoms with Crippen molar-refractivity contribution in [3.05, 3.63) is 35.9 Å². The molecule has 27 heavy (non-hydrogen) atoms. The van der Waals surface area contributed by atoms with Crippen molar-refractivity contribution in [2.45, 2.75) is 50.9 Å². The summed E-state index contributed by atoms with van der Waals surface area (Å²) in [6.45, 7) is 5.37. The van der Waals surface area contributed by atoms with E-state index >= 15 is 0 Å². The Hall–Kier alpha value is -2.61. The molecule has 1 aromatic rings. The number of rotatable bonds is 5. The van der Waals surface area contributed by atoms with Crippen LogP contribution in [0.1, 0.15) is 32.8 Å². The van der Waals surface area contributed by atoms with Crippen LogP contribution in [0.15, 0.2) is 30.3 Å². The number of aliphatic carboxylic acids is 1. The monoisotopic (exact) mass is 378 g/mol. The lowest BCUT2D eigenvalue weighted by Crippen LogP contribution is -2.57. The van der Waals surface area contributed by atoms with Gasteiger partial charge in [0.1, 0.15) is 11.6 Å². The van der Waals surface area contributed by atoms with Gasteiger partial charge in [0.15, 0.2) is 5.54 Å². The van der Waals surface area contributed by atoms with Crippen LogP contribution in [0.5, 0.6) is 0 Å². The Morgan fingerprint density at radius 1 is 1.26 bits per heavy atom. The second-order valence-electron chi connectivity index (χ2n) is 7.65. The maximum Gasteiger partial charge on any atom is 0.408 e. The van der Waals surface area contributed by atoms with E-state index in [4.69, 9.17) is 9.47 Å². The quantitative estimate of drug-likeness (QED) is 0.753. The fraction of sp³-hybridized carbons (Fsp3) is 0.526. The molecule has 1 heterocycles. The molecule has 1 amide bonds. The third kappa shape index (κ3) is 5.19. The molecular formula is C19H26N2O6. The molecule has 0 aromatic heterocycles. The smallest absolute Gasteiger partial charge is 0.408 e. The van der Waals surface area contributed by atoms with Crippen LogP contribution in [-0.4, -0.2) is 58.9 Å². The Morgan fingerprint density at radius 3 is 2.41 bits per heavy atom. The summed E-state index contributed by atoms with van der Waals surface area (Å²) in [5.41, 5.74) is -1.49. The van der Waals surface area contributed by atoms with Crippen molar-refractivity contribution < 1.29 is 29.0 Å². The summed E-state index contributed by atoms with van der Waals surface area (Å²) in [5.74, 6) is -1.77. The molecule has 2 rings (SSSR count). The minimum absolute atomic E-state index is 0.0454. The number of methoxy groups -OCH3 is 1. The summed E-state index contributed by atoms with van der Waals surface area (Å²) in [6, 6.07) is 8.58.